The van der Waals surface area contributed by atoms with Crippen molar-refractivity contribution in [3.05, 3.63) is 29.6 Å². The van der Waals surface area contributed by atoms with Gasteiger partial charge in [0.1, 0.15) is 5.82 Å². The maximum absolute atomic E-state index is 13.7. The summed E-state index contributed by atoms with van der Waals surface area (Å²) in [5.74, 6) is 0.177. The summed E-state index contributed by atoms with van der Waals surface area (Å²) in [6, 6.07) is 2.54. The number of rotatable bonds is 2. The summed E-state index contributed by atoms with van der Waals surface area (Å²) in [6.45, 7) is 4.19. The molecule has 1 aliphatic carbocycles. The summed E-state index contributed by atoms with van der Waals surface area (Å²) in [5, 5.41) is 2.97. The normalized spacial score (nSPS) is 27.4. The third-order valence-electron chi connectivity index (χ3n) is 4.34. The van der Waals surface area contributed by atoms with Crippen molar-refractivity contribution in [2.75, 3.05) is 5.32 Å². The zero-order valence-electron chi connectivity index (χ0n) is 11.6. The third-order valence-corrected chi connectivity index (χ3v) is 4.34. The van der Waals surface area contributed by atoms with Gasteiger partial charge < -0.3 is 5.32 Å². The Labute approximate surface area is 116 Å². The van der Waals surface area contributed by atoms with E-state index in [0.717, 1.165) is 37.5 Å². The van der Waals surface area contributed by atoms with Crippen LogP contribution in [0.4, 0.5) is 23.2 Å². The van der Waals surface area contributed by atoms with Gasteiger partial charge in [-0.25, -0.2) is 4.39 Å². The second-order valence-corrected chi connectivity index (χ2v) is 5.71. The first-order chi connectivity index (χ1) is 9.29. The molecule has 1 aromatic rings. The van der Waals surface area contributed by atoms with Crippen molar-refractivity contribution in [1.29, 1.82) is 0 Å². The summed E-state index contributed by atoms with van der Waals surface area (Å²) >= 11 is 0. The lowest BCUT2D eigenvalue weighted by Crippen LogP contribution is -2.35. The van der Waals surface area contributed by atoms with Crippen molar-refractivity contribution in [3.63, 3.8) is 0 Å². The van der Waals surface area contributed by atoms with Crippen molar-refractivity contribution in [2.24, 2.45) is 11.8 Å². The van der Waals surface area contributed by atoms with Gasteiger partial charge in [0, 0.05) is 6.04 Å². The molecule has 3 unspecified atom stereocenters. The monoisotopic (exact) mass is 289 g/mol. The maximum Gasteiger partial charge on any atom is 0.416 e. The third kappa shape index (κ3) is 3.25. The van der Waals surface area contributed by atoms with Crippen LogP contribution in [-0.4, -0.2) is 6.04 Å². The Balaban J connectivity index is 2.20. The van der Waals surface area contributed by atoms with Crippen molar-refractivity contribution in [3.8, 4) is 0 Å². The van der Waals surface area contributed by atoms with Gasteiger partial charge in [0.2, 0.25) is 0 Å². The van der Waals surface area contributed by atoms with E-state index in [9.17, 15) is 17.6 Å². The molecule has 0 spiro atoms. The van der Waals surface area contributed by atoms with E-state index in [1.165, 1.54) is 0 Å². The van der Waals surface area contributed by atoms with Crippen LogP contribution in [0, 0.1) is 17.7 Å². The lowest BCUT2D eigenvalue weighted by molar-refractivity contribution is -0.137. The average Bonchev–Trinajstić information content (AvgIpc) is 2.36. The van der Waals surface area contributed by atoms with E-state index in [2.05, 4.69) is 19.2 Å². The van der Waals surface area contributed by atoms with Gasteiger partial charge in [0.05, 0.1) is 11.3 Å². The Kier molecular flexibility index (Phi) is 4.25. The SMILES string of the molecule is CC1CCCC(Nc2cc(C(F)(F)F)ccc2F)C1C. The minimum absolute atomic E-state index is 0.0248. The summed E-state index contributed by atoms with van der Waals surface area (Å²) in [5.41, 5.74) is -0.872. The molecule has 1 aromatic carbocycles. The number of hydrogen-bond donors (Lipinski definition) is 1. The highest BCUT2D eigenvalue weighted by Crippen LogP contribution is 2.35. The highest BCUT2D eigenvalue weighted by atomic mass is 19.4. The molecule has 112 valence electrons. The number of benzene rings is 1. The first-order valence-electron chi connectivity index (χ1n) is 6.92. The minimum Gasteiger partial charge on any atom is -0.380 e. The van der Waals surface area contributed by atoms with Crippen molar-refractivity contribution >= 4 is 5.69 Å². The Morgan fingerprint density at radius 1 is 1.15 bits per heavy atom. The Bertz CT molecular complexity index is 469. The van der Waals surface area contributed by atoms with Crippen molar-refractivity contribution in [2.45, 2.75) is 45.3 Å². The number of halogens is 4. The molecule has 2 rings (SSSR count). The Morgan fingerprint density at radius 2 is 1.85 bits per heavy atom. The molecule has 1 fully saturated rings. The largest absolute Gasteiger partial charge is 0.416 e. The molecule has 0 radical (unpaired) electrons. The second-order valence-electron chi connectivity index (χ2n) is 5.71. The van der Waals surface area contributed by atoms with Gasteiger partial charge in [-0.2, -0.15) is 13.2 Å². The van der Waals surface area contributed by atoms with Gasteiger partial charge in [-0.3, -0.25) is 0 Å². The minimum atomic E-state index is -4.45. The summed E-state index contributed by atoms with van der Waals surface area (Å²) in [7, 11) is 0. The van der Waals surface area contributed by atoms with E-state index in [4.69, 9.17) is 0 Å². The number of alkyl halides is 3. The van der Waals surface area contributed by atoms with Gasteiger partial charge >= 0.3 is 6.18 Å². The number of hydrogen-bond acceptors (Lipinski definition) is 1. The molecule has 1 aliphatic rings. The fourth-order valence-electron chi connectivity index (χ4n) is 2.80. The molecule has 0 aromatic heterocycles. The zero-order chi connectivity index (χ0) is 14.9. The van der Waals surface area contributed by atoms with E-state index < -0.39 is 17.6 Å². The molecular weight excluding hydrogens is 270 g/mol. The molecule has 0 bridgehead atoms. The second kappa shape index (κ2) is 5.62. The summed E-state index contributed by atoms with van der Waals surface area (Å²) in [6.07, 6.45) is -1.45. The predicted molar refractivity (Wildman–Crippen MR) is 71.0 cm³/mol. The summed E-state index contributed by atoms with van der Waals surface area (Å²) in [4.78, 5) is 0. The highest BCUT2D eigenvalue weighted by molar-refractivity contribution is 5.49. The fourth-order valence-corrected chi connectivity index (χ4v) is 2.80. The average molecular weight is 289 g/mol. The van der Waals surface area contributed by atoms with Crippen LogP contribution in [0.1, 0.15) is 38.7 Å². The van der Waals surface area contributed by atoms with Crippen molar-refractivity contribution in [1.82, 2.24) is 0 Å². The molecule has 0 saturated heterocycles. The lowest BCUT2D eigenvalue weighted by atomic mass is 9.78. The molecule has 5 heteroatoms. The molecular formula is C15H19F4N. The maximum atomic E-state index is 13.7. The molecule has 1 saturated carbocycles. The van der Waals surface area contributed by atoms with Crippen LogP contribution in [-0.2, 0) is 6.18 Å². The number of nitrogens with one attached hydrogen (secondary N) is 1. The van der Waals surface area contributed by atoms with Crippen molar-refractivity contribution < 1.29 is 17.6 Å². The van der Waals surface area contributed by atoms with Crippen LogP contribution in [0.25, 0.3) is 0 Å². The first-order valence-corrected chi connectivity index (χ1v) is 6.92. The zero-order valence-corrected chi connectivity index (χ0v) is 11.6. The Hall–Kier alpha value is -1.26. The van der Waals surface area contributed by atoms with Crippen LogP contribution in [0.2, 0.25) is 0 Å². The lowest BCUT2D eigenvalue weighted by Gasteiger charge is -2.35. The van der Waals surface area contributed by atoms with Gasteiger partial charge in [0.25, 0.3) is 0 Å². The van der Waals surface area contributed by atoms with Crippen LogP contribution < -0.4 is 5.32 Å². The van der Waals surface area contributed by atoms with Gasteiger partial charge in [-0.05, 0) is 36.5 Å². The molecule has 0 aliphatic heterocycles. The smallest absolute Gasteiger partial charge is 0.380 e. The van der Waals surface area contributed by atoms with E-state index in [1.54, 1.807) is 0 Å². The molecule has 0 amide bonds. The van der Waals surface area contributed by atoms with Crippen LogP contribution >= 0.6 is 0 Å². The molecule has 0 heterocycles. The first kappa shape index (κ1) is 15.1. The molecule has 1 N–H and O–H groups in total. The Morgan fingerprint density at radius 3 is 2.50 bits per heavy atom. The van der Waals surface area contributed by atoms with Gasteiger partial charge in [0.15, 0.2) is 0 Å². The quantitative estimate of drug-likeness (QED) is 0.748. The van der Waals surface area contributed by atoms with E-state index in [0.29, 0.717) is 11.8 Å². The van der Waals surface area contributed by atoms with E-state index in [1.807, 2.05) is 0 Å². The van der Waals surface area contributed by atoms with Gasteiger partial charge in [-0.15, -0.1) is 0 Å². The standard InChI is InChI=1S/C15H19F4N/c1-9-4-3-5-13(10(9)2)20-14-8-11(15(17,18)19)6-7-12(14)16/h6-10,13,20H,3-5H2,1-2H3. The fraction of sp³-hybridized carbons (Fsp3) is 0.600. The number of anilines is 1. The molecule has 20 heavy (non-hydrogen) atoms. The van der Waals surface area contributed by atoms with Crippen LogP contribution in [0.3, 0.4) is 0 Å². The highest BCUT2D eigenvalue weighted by Gasteiger charge is 2.32. The van der Waals surface area contributed by atoms with Crippen LogP contribution in [0.5, 0.6) is 0 Å². The molecule has 1 nitrogen and oxygen atoms in total. The molecule has 3 atom stereocenters. The van der Waals surface area contributed by atoms with Crippen LogP contribution in [0.15, 0.2) is 18.2 Å². The van der Waals surface area contributed by atoms with Gasteiger partial charge in [-0.1, -0.05) is 26.7 Å². The summed E-state index contributed by atoms with van der Waals surface area (Å²) < 4.78 is 51.7. The topological polar surface area (TPSA) is 12.0 Å². The predicted octanol–water partition coefficient (Wildman–Crippen LogP) is 5.08. The van der Waals surface area contributed by atoms with E-state index in [-0.39, 0.29) is 11.7 Å². The van der Waals surface area contributed by atoms with E-state index >= 15 is 0 Å².